The number of rotatable bonds is 9. The molecule has 0 saturated carbocycles. The van der Waals surface area contributed by atoms with Gasteiger partial charge in [-0.3, -0.25) is 14.4 Å². The number of amides is 3. The highest BCUT2D eigenvalue weighted by molar-refractivity contribution is 5.94. The van der Waals surface area contributed by atoms with E-state index in [1.165, 1.54) is 24.3 Å². The molecule has 10 heteroatoms. The monoisotopic (exact) mass is 556 g/mol. The standard InChI is InChI=1S/C29H33FN4O4.ClH/c30-24-9-7-22(8-10-24)29(38)34-13-11-21(12-14-34)27(36)33-26(28(37)32-18-25(35)17-31)16-19-5-6-20-3-1-2-4-23(20)15-19;/h1-10,15,21,25-26,35H,11-14,16-18,31H2,(H,32,37)(H,33,36);1H. The maximum atomic E-state index is 13.2. The molecule has 1 heterocycles. The van der Waals surface area contributed by atoms with Gasteiger partial charge in [0.15, 0.2) is 0 Å². The van der Waals surface area contributed by atoms with Crippen LogP contribution in [-0.4, -0.2) is 66.1 Å². The molecule has 0 aliphatic carbocycles. The molecule has 39 heavy (non-hydrogen) atoms. The molecule has 1 saturated heterocycles. The first kappa shape index (κ1) is 30.0. The van der Waals surface area contributed by atoms with Crippen LogP contribution >= 0.6 is 12.4 Å². The lowest BCUT2D eigenvalue weighted by Crippen LogP contribution is -2.52. The average molecular weight is 557 g/mol. The Labute approximate surface area is 233 Å². The third-order valence-electron chi connectivity index (χ3n) is 6.91. The number of nitrogens with two attached hydrogens (primary N) is 1. The van der Waals surface area contributed by atoms with Crippen molar-refractivity contribution in [2.75, 3.05) is 26.2 Å². The third-order valence-corrected chi connectivity index (χ3v) is 6.91. The molecule has 3 aromatic rings. The van der Waals surface area contributed by atoms with Crippen LogP contribution in [0.25, 0.3) is 10.8 Å². The van der Waals surface area contributed by atoms with Gasteiger partial charge in [-0.15, -0.1) is 12.4 Å². The van der Waals surface area contributed by atoms with Crippen LogP contribution in [0.1, 0.15) is 28.8 Å². The Morgan fingerprint density at radius 2 is 1.67 bits per heavy atom. The minimum absolute atomic E-state index is 0. The van der Waals surface area contributed by atoms with Crippen LogP contribution in [0, 0.1) is 11.7 Å². The van der Waals surface area contributed by atoms with Gasteiger partial charge in [0.05, 0.1) is 6.10 Å². The first-order valence-corrected chi connectivity index (χ1v) is 12.8. The van der Waals surface area contributed by atoms with Gasteiger partial charge >= 0.3 is 0 Å². The molecule has 0 bridgehead atoms. The second-order valence-corrected chi connectivity index (χ2v) is 9.65. The van der Waals surface area contributed by atoms with Gasteiger partial charge in [0.25, 0.3) is 5.91 Å². The molecule has 208 valence electrons. The van der Waals surface area contributed by atoms with E-state index in [0.29, 0.717) is 31.5 Å². The molecule has 0 aromatic heterocycles. The molecule has 0 radical (unpaired) electrons. The van der Waals surface area contributed by atoms with Crippen molar-refractivity contribution in [1.82, 2.24) is 15.5 Å². The van der Waals surface area contributed by atoms with E-state index in [9.17, 15) is 23.9 Å². The van der Waals surface area contributed by atoms with Crippen LogP contribution in [0.3, 0.4) is 0 Å². The van der Waals surface area contributed by atoms with Crippen LogP contribution in [0.5, 0.6) is 0 Å². The summed E-state index contributed by atoms with van der Waals surface area (Å²) in [6.07, 6.45) is 0.311. The Bertz CT molecular complexity index is 1280. The summed E-state index contributed by atoms with van der Waals surface area (Å²) in [5.41, 5.74) is 6.75. The summed E-state index contributed by atoms with van der Waals surface area (Å²) in [6, 6.07) is 18.4. The molecule has 4 rings (SSSR count). The predicted octanol–water partition coefficient (Wildman–Crippen LogP) is 2.42. The summed E-state index contributed by atoms with van der Waals surface area (Å²) in [5.74, 6) is -1.61. The number of carbonyl (C=O) groups excluding carboxylic acids is 3. The molecular formula is C29H34ClFN4O4. The van der Waals surface area contributed by atoms with E-state index in [1.54, 1.807) is 4.90 Å². The highest BCUT2D eigenvalue weighted by Gasteiger charge is 2.30. The van der Waals surface area contributed by atoms with Crippen molar-refractivity contribution in [1.29, 1.82) is 0 Å². The Kier molecular flexibility index (Phi) is 10.8. The zero-order chi connectivity index (χ0) is 27.1. The molecule has 2 atom stereocenters. The van der Waals surface area contributed by atoms with E-state index >= 15 is 0 Å². The summed E-state index contributed by atoms with van der Waals surface area (Å²) in [5, 5.41) is 17.5. The molecule has 2 unspecified atom stereocenters. The van der Waals surface area contributed by atoms with Gasteiger partial charge in [-0.2, -0.15) is 0 Å². The van der Waals surface area contributed by atoms with Crippen molar-refractivity contribution in [2.24, 2.45) is 11.7 Å². The highest BCUT2D eigenvalue weighted by Crippen LogP contribution is 2.21. The van der Waals surface area contributed by atoms with Crippen LogP contribution in [0.15, 0.2) is 66.7 Å². The number of piperidine rings is 1. The maximum absolute atomic E-state index is 13.2. The summed E-state index contributed by atoms with van der Waals surface area (Å²) in [4.78, 5) is 40.6. The Morgan fingerprint density at radius 3 is 2.33 bits per heavy atom. The first-order valence-electron chi connectivity index (χ1n) is 12.8. The number of aliphatic hydroxyl groups excluding tert-OH is 1. The molecule has 5 N–H and O–H groups in total. The molecule has 3 aromatic carbocycles. The first-order chi connectivity index (χ1) is 18.3. The van der Waals surface area contributed by atoms with Gasteiger partial charge in [0.1, 0.15) is 11.9 Å². The fourth-order valence-corrected chi connectivity index (χ4v) is 4.65. The van der Waals surface area contributed by atoms with Crippen molar-refractivity contribution in [3.63, 3.8) is 0 Å². The fraction of sp³-hybridized carbons (Fsp3) is 0.345. The normalized spacial score (nSPS) is 15.2. The fourth-order valence-electron chi connectivity index (χ4n) is 4.65. The minimum Gasteiger partial charge on any atom is -0.390 e. The van der Waals surface area contributed by atoms with Crippen molar-refractivity contribution in [3.8, 4) is 0 Å². The maximum Gasteiger partial charge on any atom is 0.253 e. The molecule has 3 amide bonds. The van der Waals surface area contributed by atoms with Crippen LogP contribution in [0.4, 0.5) is 4.39 Å². The van der Waals surface area contributed by atoms with Crippen molar-refractivity contribution in [2.45, 2.75) is 31.4 Å². The number of hydrogen-bond acceptors (Lipinski definition) is 5. The predicted molar refractivity (Wildman–Crippen MR) is 150 cm³/mol. The second kappa shape index (κ2) is 14.0. The highest BCUT2D eigenvalue weighted by atomic mass is 35.5. The number of nitrogens with zero attached hydrogens (tertiary/aromatic N) is 1. The van der Waals surface area contributed by atoms with Gasteiger partial charge in [0.2, 0.25) is 11.8 Å². The van der Waals surface area contributed by atoms with Crippen LogP contribution in [0.2, 0.25) is 0 Å². The van der Waals surface area contributed by atoms with Gasteiger partial charge in [0, 0.05) is 44.1 Å². The molecular weight excluding hydrogens is 523 g/mol. The zero-order valence-electron chi connectivity index (χ0n) is 21.5. The number of carbonyl (C=O) groups is 3. The lowest BCUT2D eigenvalue weighted by molar-refractivity contribution is -0.132. The van der Waals surface area contributed by atoms with Gasteiger partial charge in [-0.25, -0.2) is 4.39 Å². The minimum atomic E-state index is -0.876. The van der Waals surface area contributed by atoms with E-state index in [-0.39, 0.29) is 49.6 Å². The summed E-state index contributed by atoms with van der Waals surface area (Å²) < 4.78 is 13.2. The Hall–Kier alpha value is -3.53. The molecule has 8 nitrogen and oxygen atoms in total. The lowest BCUT2D eigenvalue weighted by Gasteiger charge is -2.32. The number of hydrogen-bond donors (Lipinski definition) is 4. The summed E-state index contributed by atoms with van der Waals surface area (Å²) in [6.45, 7) is 0.775. The van der Waals surface area contributed by atoms with E-state index < -0.39 is 23.9 Å². The summed E-state index contributed by atoms with van der Waals surface area (Å²) in [7, 11) is 0. The van der Waals surface area contributed by atoms with Crippen molar-refractivity contribution >= 4 is 40.9 Å². The zero-order valence-corrected chi connectivity index (χ0v) is 22.3. The lowest BCUT2D eigenvalue weighted by atomic mass is 9.94. The van der Waals surface area contributed by atoms with Crippen LogP contribution < -0.4 is 16.4 Å². The number of nitrogens with one attached hydrogen (secondary N) is 2. The molecule has 1 aliphatic rings. The van der Waals surface area contributed by atoms with E-state index in [4.69, 9.17) is 5.73 Å². The van der Waals surface area contributed by atoms with Crippen molar-refractivity contribution < 1.29 is 23.9 Å². The molecule has 1 aliphatic heterocycles. The topological polar surface area (TPSA) is 125 Å². The van der Waals surface area contributed by atoms with E-state index in [2.05, 4.69) is 10.6 Å². The number of fused-ring (bicyclic) bond motifs is 1. The quantitative estimate of drug-likeness (QED) is 0.322. The molecule has 1 fully saturated rings. The van der Waals surface area contributed by atoms with E-state index in [0.717, 1.165) is 16.3 Å². The average Bonchev–Trinajstić information content (AvgIpc) is 2.95. The van der Waals surface area contributed by atoms with Gasteiger partial charge < -0.3 is 26.4 Å². The van der Waals surface area contributed by atoms with Crippen molar-refractivity contribution in [3.05, 3.63) is 83.7 Å². The van der Waals surface area contributed by atoms with E-state index in [1.807, 2.05) is 42.5 Å². The smallest absolute Gasteiger partial charge is 0.253 e. The number of halogens is 2. The van der Waals surface area contributed by atoms with Crippen LogP contribution in [-0.2, 0) is 16.0 Å². The van der Waals surface area contributed by atoms with Gasteiger partial charge in [-0.1, -0.05) is 42.5 Å². The Morgan fingerprint density at radius 1 is 1.00 bits per heavy atom. The second-order valence-electron chi connectivity index (χ2n) is 9.65. The van der Waals surface area contributed by atoms with Gasteiger partial charge in [-0.05, 0) is 53.4 Å². The number of benzene rings is 3. The Balaban J connectivity index is 0.00000420. The molecule has 0 spiro atoms. The third kappa shape index (κ3) is 7.98. The number of likely N-dealkylation sites (tertiary alicyclic amines) is 1. The number of aliphatic hydroxyl groups is 1. The summed E-state index contributed by atoms with van der Waals surface area (Å²) >= 11 is 0. The largest absolute Gasteiger partial charge is 0.390 e. The SMILES string of the molecule is Cl.NCC(O)CNC(=O)C(Cc1ccc2ccccc2c1)NC(=O)C1CCN(C(=O)c2ccc(F)cc2)CC1.